The number of hydrogen-bond acceptors (Lipinski definition) is 5. The summed E-state index contributed by atoms with van der Waals surface area (Å²) in [5.41, 5.74) is 0.373. The molecule has 2 N–H and O–H groups in total. The van der Waals surface area contributed by atoms with Crippen molar-refractivity contribution in [2.75, 3.05) is 13.2 Å². The highest BCUT2D eigenvalue weighted by atomic mass is 16.6. The van der Waals surface area contributed by atoms with Crippen LogP contribution < -0.4 is 5.32 Å². The summed E-state index contributed by atoms with van der Waals surface area (Å²) in [6.07, 6.45) is 16.7. The zero-order valence-corrected chi connectivity index (χ0v) is 21.3. The third kappa shape index (κ3) is 21.6. The number of hydrogen-bond donors (Lipinski definition) is 2. The third-order valence-corrected chi connectivity index (χ3v) is 5.57. The largest absolute Gasteiger partial charge is 0.513 e. The Hall–Kier alpha value is -1.98. The minimum atomic E-state index is -0.405. The predicted molar refractivity (Wildman–Crippen MR) is 135 cm³/mol. The van der Waals surface area contributed by atoms with Gasteiger partial charge in [0.1, 0.15) is 6.10 Å². The fourth-order valence-corrected chi connectivity index (χ4v) is 3.57. The lowest BCUT2D eigenvalue weighted by atomic mass is 10.0. The highest BCUT2D eigenvalue weighted by Crippen LogP contribution is 2.17. The zero-order chi connectivity index (χ0) is 24.7. The highest BCUT2D eigenvalue weighted by molar-refractivity contribution is 5.86. The lowest BCUT2D eigenvalue weighted by Gasteiger charge is -2.18. The Morgan fingerprint density at radius 1 is 0.848 bits per heavy atom. The van der Waals surface area contributed by atoms with Crippen LogP contribution in [-0.2, 0) is 14.3 Å². The van der Waals surface area contributed by atoms with Crippen molar-refractivity contribution in [3.63, 3.8) is 0 Å². The molecule has 0 saturated carbocycles. The van der Waals surface area contributed by atoms with Crippen molar-refractivity contribution >= 4 is 12.1 Å². The van der Waals surface area contributed by atoms with Crippen LogP contribution in [0.2, 0.25) is 0 Å². The summed E-state index contributed by atoms with van der Waals surface area (Å²) in [6, 6.07) is 0. The van der Waals surface area contributed by atoms with Crippen LogP contribution in [0.1, 0.15) is 117 Å². The first-order valence-corrected chi connectivity index (χ1v) is 13.0. The molecule has 192 valence electrons. The van der Waals surface area contributed by atoms with Crippen molar-refractivity contribution in [1.29, 1.82) is 0 Å². The number of amides is 1. The van der Waals surface area contributed by atoms with E-state index in [1.807, 2.05) is 0 Å². The van der Waals surface area contributed by atoms with E-state index in [4.69, 9.17) is 14.6 Å². The average Bonchev–Trinajstić information content (AvgIpc) is 2.76. The fraction of sp³-hybridized carbons (Fsp3) is 0.778. The molecule has 1 amide bonds. The molecule has 0 rings (SSSR count). The standard InChI is InChI=1S/C27H49NO5/c1-5-6-7-15-19-25(20-16-13-11-9-8-10-12-14-18-24(4)29)33-27(31)28-21-17-22-32-26(30)23(2)3/h25,29H,2,4-22H2,1,3H3,(H,28,31). The molecule has 6 nitrogen and oxygen atoms in total. The SMILES string of the molecule is C=C(O)CCCCCCCCCCC(CCCCCC)OC(=O)NCCCOC(=O)C(=C)C. The Kier molecular flexibility index (Phi) is 20.5. The van der Waals surface area contributed by atoms with E-state index in [0.29, 0.717) is 24.3 Å². The summed E-state index contributed by atoms with van der Waals surface area (Å²) in [7, 11) is 0. The van der Waals surface area contributed by atoms with Gasteiger partial charge in [-0.15, -0.1) is 0 Å². The molecule has 33 heavy (non-hydrogen) atoms. The number of esters is 1. The number of unbranched alkanes of at least 4 members (excludes halogenated alkanes) is 10. The number of allylic oxidation sites excluding steroid dienone is 1. The number of rotatable bonds is 22. The van der Waals surface area contributed by atoms with Crippen LogP contribution in [0.5, 0.6) is 0 Å². The number of nitrogens with one attached hydrogen (secondary N) is 1. The van der Waals surface area contributed by atoms with Crippen LogP contribution in [0.3, 0.4) is 0 Å². The summed E-state index contributed by atoms with van der Waals surface area (Å²) in [4.78, 5) is 23.5. The summed E-state index contributed by atoms with van der Waals surface area (Å²) in [5, 5.41) is 11.8. The number of aliphatic hydroxyl groups is 1. The van der Waals surface area contributed by atoms with Gasteiger partial charge < -0.3 is 19.9 Å². The number of aliphatic hydroxyl groups excluding tert-OH is 1. The second-order valence-corrected chi connectivity index (χ2v) is 9.01. The van der Waals surface area contributed by atoms with E-state index in [2.05, 4.69) is 25.4 Å². The first kappa shape index (κ1) is 31.0. The van der Waals surface area contributed by atoms with Crippen molar-refractivity contribution in [3.8, 4) is 0 Å². The molecule has 0 radical (unpaired) electrons. The molecule has 0 aromatic heterocycles. The second-order valence-electron chi connectivity index (χ2n) is 9.01. The minimum absolute atomic E-state index is 0.0327. The van der Waals surface area contributed by atoms with Crippen molar-refractivity contribution in [2.24, 2.45) is 0 Å². The lowest BCUT2D eigenvalue weighted by molar-refractivity contribution is -0.138. The molecular weight excluding hydrogens is 418 g/mol. The normalized spacial score (nSPS) is 11.6. The fourth-order valence-electron chi connectivity index (χ4n) is 3.57. The molecule has 0 heterocycles. The van der Waals surface area contributed by atoms with Gasteiger partial charge in [-0.05, 0) is 45.4 Å². The van der Waals surface area contributed by atoms with Crippen LogP contribution in [-0.4, -0.2) is 36.4 Å². The van der Waals surface area contributed by atoms with Crippen LogP contribution in [0.4, 0.5) is 4.79 Å². The van der Waals surface area contributed by atoms with E-state index < -0.39 is 5.97 Å². The van der Waals surface area contributed by atoms with E-state index >= 15 is 0 Å². The number of alkyl carbamates (subject to hydrolysis) is 1. The summed E-state index contributed by atoms with van der Waals surface area (Å²) in [6.45, 7) is 11.5. The molecule has 0 bridgehead atoms. The number of carbonyl (C=O) groups is 2. The molecule has 0 fully saturated rings. The second kappa shape index (κ2) is 21.8. The molecular formula is C27H49NO5. The lowest BCUT2D eigenvalue weighted by Crippen LogP contribution is -2.30. The van der Waals surface area contributed by atoms with Gasteiger partial charge in [0, 0.05) is 18.5 Å². The Morgan fingerprint density at radius 2 is 1.39 bits per heavy atom. The molecule has 6 heteroatoms. The van der Waals surface area contributed by atoms with Gasteiger partial charge >= 0.3 is 12.1 Å². The first-order chi connectivity index (χ1) is 15.9. The smallest absolute Gasteiger partial charge is 0.407 e. The van der Waals surface area contributed by atoms with E-state index in [9.17, 15) is 9.59 Å². The maximum atomic E-state index is 12.2. The summed E-state index contributed by atoms with van der Waals surface area (Å²) < 4.78 is 10.7. The van der Waals surface area contributed by atoms with Crippen molar-refractivity contribution in [3.05, 3.63) is 24.5 Å². The van der Waals surface area contributed by atoms with Gasteiger partial charge in [0.2, 0.25) is 0 Å². The molecule has 0 aliphatic heterocycles. The average molecular weight is 468 g/mol. The molecule has 0 aliphatic rings. The van der Waals surface area contributed by atoms with Gasteiger partial charge in [0.15, 0.2) is 0 Å². The maximum absolute atomic E-state index is 12.2. The Bertz CT molecular complexity index is 547. The highest BCUT2D eigenvalue weighted by Gasteiger charge is 2.14. The predicted octanol–water partition coefficient (Wildman–Crippen LogP) is 7.53. The monoisotopic (exact) mass is 467 g/mol. The first-order valence-electron chi connectivity index (χ1n) is 13.0. The van der Waals surface area contributed by atoms with Crippen LogP contribution in [0.15, 0.2) is 24.5 Å². The van der Waals surface area contributed by atoms with Gasteiger partial charge in [-0.2, -0.15) is 0 Å². The Labute approximate surface area is 202 Å². The maximum Gasteiger partial charge on any atom is 0.407 e. The van der Waals surface area contributed by atoms with Crippen LogP contribution in [0, 0.1) is 0 Å². The van der Waals surface area contributed by atoms with Gasteiger partial charge in [-0.25, -0.2) is 9.59 Å². The third-order valence-electron chi connectivity index (χ3n) is 5.57. The molecule has 1 atom stereocenters. The van der Waals surface area contributed by atoms with E-state index in [-0.39, 0.29) is 18.8 Å². The van der Waals surface area contributed by atoms with Crippen molar-refractivity contribution < 1.29 is 24.2 Å². The van der Waals surface area contributed by atoms with Gasteiger partial charge in [-0.3, -0.25) is 0 Å². The molecule has 0 aromatic carbocycles. The van der Waals surface area contributed by atoms with Crippen LogP contribution >= 0.6 is 0 Å². The minimum Gasteiger partial charge on any atom is -0.513 e. The Morgan fingerprint density at radius 3 is 1.94 bits per heavy atom. The molecule has 0 saturated heterocycles. The molecule has 0 aliphatic carbocycles. The van der Waals surface area contributed by atoms with Gasteiger partial charge in [0.05, 0.1) is 12.4 Å². The number of carbonyl (C=O) groups excluding carboxylic acids is 2. The van der Waals surface area contributed by atoms with Crippen LogP contribution in [0.25, 0.3) is 0 Å². The zero-order valence-electron chi connectivity index (χ0n) is 21.3. The summed E-state index contributed by atoms with van der Waals surface area (Å²) in [5.74, 6) is -0.114. The van der Waals surface area contributed by atoms with E-state index in [1.54, 1.807) is 6.92 Å². The van der Waals surface area contributed by atoms with E-state index in [0.717, 1.165) is 51.4 Å². The quantitative estimate of drug-likeness (QED) is 0.0743. The van der Waals surface area contributed by atoms with Crippen molar-refractivity contribution in [2.45, 2.75) is 123 Å². The topological polar surface area (TPSA) is 84.9 Å². The number of ether oxygens (including phenoxy) is 2. The van der Waals surface area contributed by atoms with E-state index in [1.165, 1.54) is 44.9 Å². The van der Waals surface area contributed by atoms with Gasteiger partial charge in [-0.1, -0.05) is 77.9 Å². The van der Waals surface area contributed by atoms with Gasteiger partial charge in [0.25, 0.3) is 0 Å². The Balaban J connectivity index is 4.00. The summed E-state index contributed by atoms with van der Waals surface area (Å²) >= 11 is 0. The van der Waals surface area contributed by atoms with Crippen molar-refractivity contribution in [1.82, 2.24) is 5.32 Å². The molecule has 0 spiro atoms. The molecule has 0 aromatic rings. The molecule has 1 unspecified atom stereocenters.